The molecule has 0 spiro atoms. The maximum atomic E-state index is 12.8. The van der Waals surface area contributed by atoms with Crippen molar-refractivity contribution in [2.75, 3.05) is 0 Å². The Morgan fingerprint density at radius 1 is 1.43 bits per heavy atom. The van der Waals surface area contributed by atoms with E-state index in [1.165, 1.54) is 23.0 Å². The van der Waals surface area contributed by atoms with Gasteiger partial charge in [0.15, 0.2) is 5.69 Å². The Hall–Kier alpha value is -2.22. The second-order valence-corrected chi connectivity index (χ2v) is 2.64. The third kappa shape index (κ3) is 1.45. The monoisotopic (exact) mass is 188 g/mol. The molecule has 1 aromatic carbocycles. The quantitative estimate of drug-likeness (QED) is 0.677. The van der Waals surface area contributed by atoms with Gasteiger partial charge in [-0.2, -0.15) is 5.26 Å². The molecule has 2 rings (SSSR count). The van der Waals surface area contributed by atoms with Gasteiger partial charge < -0.3 is 0 Å². The SMILES string of the molecule is N#Cc1cn(-c2cccc(F)c2)nn1. The molecule has 0 aliphatic rings. The molecule has 5 heteroatoms. The normalized spacial score (nSPS) is 9.71. The molecule has 1 heterocycles. The number of aromatic nitrogens is 3. The van der Waals surface area contributed by atoms with Crippen molar-refractivity contribution in [1.82, 2.24) is 15.0 Å². The van der Waals surface area contributed by atoms with Crippen LogP contribution in [0.3, 0.4) is 0 Å². The Balaban J connectivity index is 2.45. The van der Waals surface area contributed by atoms with Gasteiger partial charge in [-0.3, -0.25) is 0 Å². The van der Waals surface area contributed by atoms with Crippen molar-refractivity contribution in [3.8, 4) is 11.8 Å². The van der Waals surface area contributed by atoms with Gasteiger partial charge in [-0.15, -0.1) is 5.10 Å². The fourth-order valence-electron chi connectivity index (χ4n) is 1.06. The van der Waals surface area contributed by atoms with Crippen LogP contribution >= 0.6 is 0 Å². The van der Waals surface area contributed by atoms with Crippen molar-refractivity contribution >= 4 is 0 Å². The summed E-state index contributed by atoms with van der Waals surface area (Å²) in [6.45, 7) is 0. The minimum atomic E-state index is -0.350. The van der Waals surface area contributed by atoms with Crippen LogP contribution in [0.1, 0.15) is 5.69 Å². The molecule has 0 saturated heterocycles. The maximum absolute atomic E-state index is 12.8. The van der Waals surface area contributed by atoms with Crippen LogP contribution in [0.4, 0.5) is 4.39 Å². The topological polar surface area (TPSA) is 54.5 Å². The van der Waals surface area contributed by atoms with E-state index in [-0.39, 0.29) is 11.5 Å². The van der Waals surface area contributed by atoms with Crippen LogP contribution in [0.15, 0.2) is 30.5 Å². The summed E-state index contributed by atoms with van der Waals surface area (Å²) in [7, 11) is 0. The van der Waals surface area contributed by atoms with Gasteiger partial charge in [-0.25, -0.2) is 9.07 Å². The summed E-state index contributed by atoms with van der Waals surface area (Å²) < 4.78 is 14.2. The lowest BCUT2D eigenvalue weighted by atomic mass is 10.3. The molecule has 1 aromatic heterocycles. The van der Waals surface area contributed by atoms with E-state index in [0.717, 1.165) is 0 Å². The first kappa shape index (κ1) is 8.38. The Morgan fingerprint density at radius 3 is 2.93 bits per heavy atom. The number of hydrogen-bond acceptors (Lipinski definition) is 3. The lowest BCUT2D eigenvalue weighted by Crippen LogP contribution is -1.94. The van der Waals surface area contributed by atoms with E-state index in [1.807, 2.05) is 6.07 Å². The highest BCUT2D eigenvalue weighted by Crippen LogP contribution is 2.08. The predicted octanol–water partition coefficient (Wildman–Crippen LogP) is 1.28. The lowest BCUT2D eigenvalue weighted by molar-refractivity contribution is 0.625. The first-order valence-electron chi connectivity index (χ1n) is 3.88. The van der Waals surface area contributed by atoms with Gasteiger partial charge in [-0.05, 0) is 18.2 Å². The minimum Gasteiger partial charge on any atom is -0.219 e. The molecule has 2 aromatic rings. The highest BCUT2D eigenvalue weighted by atomic mass is 19.1. The Labute approximate surface area is 79.2 Å². The molecule has 68 valence electrons. The van der Waals surface area contributed by atoms with Crippen molar-refractivity contribution in [2.24, 2.45) is 0 Å². The van der Waals surface area contributed by atoms with Gasteiger partial charge in [0.05, 0.1) is 11.9 Å². The molecule has 0 saturated carbocycles. The highest BCUT2D eigenvalue weighted by Gasteiger charge is 2.01. The third-order valence-corrected chi connectivity index (χ3v) is 1.68. The van der Waals surface area contributed by atoms with E-state index < -0.39 is 0 Å². The van der Waals surface area contributed by atoms with E-state index in [9.17, 15) is 4.39 Å². The van der Waals surface area contributed by atoms with E-state index in [4.69, 9.17) is 5.26 Å². The zero-order chi connectivity index (χ0) is 9.97. The molecule has 0 bridgehead atoms. The molecule has 0 amide bonds. The predicted molar refractivity (Wildman–Crippen MR) is 46.0 cm³/mol. The zero-order valence-corrected chi connectivity index (χ0v) is 7.05. The van der Waals surface area contributed by atoms with Crippen LogP contribution < -0.4 is 0 Å². The summed E-state index contributed by atoms with van der Waals surface area (Å²) >= 11 is 0. The Kier molecular flexibility index (Phi) is 1.95. The summed E-state index contributed by atoms with van der Waals surface area (Å²) in [5.74, 6) is -0.350. The number of nitriles is 1. The molecular formula is C9H5FN4. The van der Waals surface area contributed by atoms with Crippen molar-refractivity contribution in [3.05, 3.63) is 42.0 Å². The first-order chi connectivity index (χ1) is 6.79. The Bertz CT molecular complexity index is 498. The van der Waals surface area contributed by atoms with Crippen molar-refractivity contribution in [2.45, 2.75) is 0 Å². The van der Waals surface area contributed by atoms with Crippen LogP contribution in [0.2, 0.25) is 0 Å². The van der Waals surface area contributed by atoms with E-state index in [1.54, 1.807) is 12.1 Å². The second-order valence-electron chi connectivity index (χ2n) is 2.64. The number of rotatable bonds is 1. The van der Waals surface area contributed by atoms with Crippen molar-refractivity contribution in [1.29, 1.82) is 5.26 Å². The molecule has 0 N–H and O–H groups in total. The molecule has 0 atom stereocenters. The molecule has 0 aliphatic carbocycles. The molecule has 0 radical (unpaired) electrons. The molecule has 0 fully saturated rings. The summed E-state index contributed by atoms with van der Waals surface area (Å²) in [5, 5.41) is 15.8. The minimum absolute atomic E-state index is 0.203. The fourth-order valence-corrected chi connectivity index (χ4v) is 1.06. The number of benzene rings is 1. The smallest absolute Gasteiger partial charge is 0.183 e. The van der Waals surface area contributed by atoms with Crippen molar-refractivity contribution in [3.63, 3.8) is 0 Å². The fraction of sp³-hybridized carbons (Fsp3) is 0. The molecule has 4 nitrogen and oxygen atoms in total. The molecule has 0 unspecified atom stereocenters. The van der Waals surface area contributed by atoms with Gasteiger partial charge in [0.25, 0.3) is 0 Å². The van der Waals surface area contributed by atoms with Crippen LogP contribution in [0, 0.1) is 17.1 Å². The average Bonchev–Trinajstić information content (AvgIpc) is 2.66. The lowest BCUT2D eigenvalue weighted by Gasteiger charge is -1.97. The average molecular weight is 188 g/mol. The number of hydrogen-bond donors (Lipinski definition) is 0. The van der Waals surface area contributed by atoms with E-state index >= 15 is 0 Å². The number of halogens is 1. The van der Waals surface area contributed by atoms with Crippen molar-refractivity contribution < 1.29 is 4.39 Å². The third-order valence-electron chi connectivity index (χ3n) is 1.68. The zero-order valence-electron chi connectivity index (χ0n) is 7.05. The van der Waals surface area contributed by atoms with E-state index in [2.05, 4.69) is 10.3 Å². The van der Waals surface area contributed by atoms with E-state index in [0.29, 0.717) is 5.69 Å². The van der Waals surface area contributed by atoms with Crippen LogP contribution in [0.25, 0.3) is 5.69 Å². The van der Waals surface area contributed by atoms with Gasteiger partial charge in [0, 0.05) is 0 Å². The van der Waals surface area contributed by atoms with Gasteiger partial charge in [0.2, 0.25) is 0 Å². The van der Waals surface area contributed by atoms with Gasteiger partial charge in [0.1, 0.15) is 11.9 Å². The van der Waals surface area contributed by atoms with Gasteiger partial charge in [-0.1, -0.05) is 11.3 Å². The molecule has 0 aliphatic heterocycles. The summed E-state index contributed by atoms with van der Waals surface area (Å²) in [5.41, 5.74) is 0.744. The standard InChI is InChI=1S/C9H5FN4/c10-7-2-1-3-9(4-7)14-6-8(5-11)12-13-14/h1-4,6H. The van der Waals surface area contributed by atoms with Crippen LogP contribution in [0.5, 0.6) is 0 Å². The largest absolute Gasteiger partial charge is 0.219 e. The second kappa shape index (κ2) is 3.26. The van der Waals surface area contributed by atoms with Crippen LogP contribution in [-0.4, -0.2) is 15.0 Å². The highest BCUT2D eigenvalue weighted by molar-refractivity contribution is 5.32. The summed E-state index contributed by atoms with van der Waals surface area (Å²) in [4.78, 5) is 0. The van der Waals surface area contributed by atoms with Crippen LogP contribution in [-0.2, 0) is 0 Å². The maximum Gasteiger partial charge on any atom is 0.183 e. The summed E-state index contributed by atoms with van der Waals surface area (Å²) in [6, 6.07) is 7.75. The van der Waals surface area contributed by atoms with Gasteiger partial charge >= 0.3 is 0 Å². The Morgan fingerprint density at radius 2 is 2.29 bits per heavy atom. The first-order valence-corrected chi connectivity index (χ1v) is 3.88. The number of nitrogens with zero attached hydrogens (tertiary/aromatic N) is 4. The molecular weight excluding hydrogens is 183 g/mol. The molecule has 14 heavy (non-hydrogen) atoms. The summed E-state index contributed by atoms with van der Waals surface area (Å²) in [6.07, 6.45) is 1.44.